The number of nitrogens with zero attached hydrogens (tertiary/aromatic N) is 2. The summed E-state index contributed by atoms with van der Waals surface area (Å²) in [6, 6.07) is 72.2. The number of benzene rings is 8. The molecule has 0 radical (unpaired) electrons. The maximum Gasteiger partial charge on any atom is 0.299 e. The predicted octanol–water partition coefficient (Wildman–Crippen LogP) is 14.7. The highest BCUT2D eigenvalue weighted by molar-refractivity contribution is 6.03. The third kappa shape index (κ3) is 7.24. The Bertz CT molecular complexity index is 3120. The molecular weight excluding hydrogens is 777 g/mol. The van der Waals surface area contributed by atoms with Gasteiger partial charge in [0.15, 0.2) is 0 Å². The van der Waals surface area contributed by atoms with E-state index in [0.29, 0.717) is 11.1 Å². The van der Waals surface area contributed by atoms with E-state index in [-0.39, 0.29) is 17.2 Å². The van der Waals surface area contributed by atoms with Crippen molar-refractivity contribution in [1.29, 1.82) is 0 Å². The lowest BCUT2D eigenvalue weighted by molar-refractivity contribution is 0.0480. The molecule has 0 saturated carbocycles. The Morgan fingerprint density at radius 3 is 1.33 bits per heavy atom. The number of rotatable bonds is 8. The molecule has 1 aliphatic heterocycles. The van der Waals surface area contributed by atoms with E-state index in [4.69, 9.17) is 9.98 Å². The molecule has 0 spiro atoms. The number of aliphatic imine (C=N–C) groups is 1. The minimum absolute atomic E-state index is 0.0264. The zero-order valence-corrected chi connectivity index (χ0v) is 34.1. The maximum absolute atomic E-state index is 16.1. The predicted molar refractivity (Wildman–Crippen MR) is 253 cm³/mol. The molecule has 9 aromatic rings. The summed E-state index contributed by atoms with van der Waals surface area (Å²) < 4.78 is 32.2. The first kappa shape index (κ1) is 37.9. The SMILES string of the molecule is FC1(F)c2ccc(-c3ccc(C4=CC(c5ccccc5)NC(c5ccccc5)=N4)cc3)cc2-c2cc(-c3ccc(-c4cc(-c5ccccc5)cc(-c5ccccc5)n4)cc3)ccc21. The molecule has 1 aromatic heterocycles. The quantitative estimate of drug-likeness (QED) is 0.166. The van der Waals surface area contributed by atoms with Gasteiger partial charge < -0.3 is 5.32 Å². The topological polar surface area (TPSA) is 37.3 Å². The molecule has 5 heteroatoms. The van der Waals surface area contributed by atoms with E-state index in [1.807, 2.05) is 97.1 Å². The number of amidine groups is 1. The van der Waals surface area contributed by atoms with Gasteiger partial charge in [0.05, 0.1) is 23.1 Å². The molecule has 0 saturated heterocycles. The van der Waals surface area contributed by atoms with Crippen molar-refractivity contribution in [2.75, 3.05) is 0 Å². The second-order valence-corrected chi connectivity index (χ2v) is 16.0. The number of hydrogen-bond acceptors (Lipinski definition) is 3. The molecule has 1 unspecified atom stereocenters. The Morgan fingerprint density at radius 1 is 0.381 bits per heavy atom. The standard InChI is InChI=1S/C58H39F2N3/c59-58(60)51-31-29-46(39-21-25-43(26-22-39)54-36-48(38-13-5-1-6-14-38)35-53(61-54)41-15-7-2-8-16-41)33-49(51)50-34-47(30-32-52(50)58)40-23-27-44(28-24-40)56-37-55(42-17-9-3-10-18-42)62-57(63-56)45-19-11-4-12-20-45/h1-37,55H,(H,62,63). The summed E-state index contributed by atoms with van der Waals surface area (Å²) >= 11 is 0. The fraction of sp³-hybridized carbons (Fsp3) is 0.0345. The van der Waals surface area contributed by atoms with Crippen LogP contribution in [0.5, 0.6) is 0 Å². The van der Waals surface area contributed by atoms with Crippen LogP contribution in [0.2, 0.25) is 0 Å². The number of fused-ring (bicyclic) bond motifs is 3. The smallest absolute Gasteiger partial charge is 0.299 e. The van der Waals surface area contributed by atoms with E-state index in [0.717, 1.165) is 84.1 Å². The first-order valence-corrected chi connectivity index (χ1v) is 21.1. The second kappa shape index (κ2) is 15.8. The number of alkyl halides is 2. The molecule has 3 nitrogen and oxygen atoms in total. The summed E-state index contributed by atoms with van der Waals surface area (Å²) in [4.78, 5) is 10.1. The van der Waals surface area contributed by atoms with E-state index in [2.05, 4.69) is 108 Å². The van der Waals surface area contributed by atoms with Gasteiger partial charge in [0.1, 0.15) is 5.84 Å². The summed E-state index contributed by atoms with van der Waals surface area (Å²) in [7, 11) is 0. The summed E-state index contributed by atoms with van der Waals surface area (Å²) in [5.41, 5.74) is 14.7. The monoisotopic (exact) mass is 815 g/mol. The molecule has 1 N–H and O–H groups in total. The number of halogens is 2. The van der Waals surface area contributed by atoms with Gasteiger partial charge in [-0.15, -0.1) is 0 Å². The lowest BCUT2D eigenvalue weighted by Gasteiger charge is -2.24. The van der Waals surface area contributed by atoms with E-state index >= 15 is 8.78 Å². The van der Waals surface area contributed by atoms with Crippen LogP contribution in [-0.4, -0.2) is 10.8 Å². The molecule has 1 atom stereocenters. The minimum Gasteiger partial charge on any atom is -0.359 e. The van der Waals surface area contributed by atoms with E-state index < -0.39 is 5.92 Å². The van der Waals surface area contributed by atoms with E-state index in [1.54, 1.807) is 24.3 Å². The van der Waals surface area contributed by atoms with Crippen molar-refractivity contribution in [3.05, 3.63) is 252 Å². The largest absolute Gasteiger partial charge is 0.359 e. The van der Waals surface area contributed by atoms with Crippen LogP contribution in [-0.2, 0) is 5.92 Å². The van der Waals surface area contributed by atoms with Crippen molar-refractivity contribution < 1.29 is 8.78 Å². The van der Waals surface area contributed by atoms with Crippen LogP contribution in [0.15, 0.2) is 229 Å². The number of aromatic nitrogens is 1. The lowest BCUT2D eigenvalue weighted by atomic mass is 9.95. The van der Waals surface area contributed by atoms with Crippen molar-refractivity contribution in [3.8, 4) is 67.0 Å². The van der Waals surface area contributed by atoms with Gasteiger partial charge in [-0.3, -0.25) is 0 Å². The summed E-state index contributed by atoms with van der Waals surface area (Å²) in [6.07, 6.45) is 2.15. The van der Waals surface area contributed by atoms with Crippen molar-refractivity contribution in [1.82, 2.24) is 10.3 Å². The normalized spacial score (nSPS) is 14.8. The maximum atomic E-state index is 16.1. The van der Waals surface area contributed by atoms with Gasteiger partial charge in [0.2, 0.25) is 0 Å². The third-order valence-corrected chi connectivity index (χ3v) is 12.1. The lowest BCUT2D eigenvalue weighted by Crippen LogP contribution is -2.31. The van der Waals surface area contributed by atoms with Crippen LogP contribution in [0, 0.1) is 0 Å². The van der Waals surface area contributed by atoms with Crippen molar-refractivity contribution in [3.63, 3.8) is 0 Å². The Labute approximate surface area is 365 Å². The van der Waals surface area contributed by atoms with Crippen LogP contribution < -0.4 is 5.32 Å². The Kier molecular flexibility index (Phi) is 9.51. The summed E-state index contributed by atoms with van der Waals surface area (Å²) in [6.45, 7) is 0. The molecule has 11 rings (SSSR count). The fourth-order valence-electron chi connectivity index (χ4n) is 8.77. The molecule has 2 aliphatic rings. The average Bonchev–Trinajstić information content (AvgIpc) is 3.59. The van der Waals surface area contributed by atoms with Gasteiger partial charge in [-0.2, -0.15) is 8.78 Å². The second-order valence-electron chi connectivity index (χ2n) is 16.0. The molecule has 300 valence electrons. The van der Waals surface area contributed by atoms with Crippen molar-refractivity contribution in [2.24, 2.45) is 4.99 Å². The van der Waals surface area contributed by atoms with Crippen LogP contribution >= 0.6 is 0 Å². The molecule has 8 aromatic carbocycles. The molecule has 1 aliphatic carbocycles. The molecule has 0 fully saturated rings. The average molecular weight is 816 g/mol. The Hall–Kier alpha value is -8.02. The first-order chi connectivity index (χ1) is 30.9. The van der Waals surface area contributed by atoms with Crippen LogP contribution in [0.3, 0.4) is 0 Å². The van der Waals surface area contributed by atoms with Gasteiger partial charge in [-0.05, 0) is 86.0 Å². The number of nitrogens with one attached hydrogen (secondary N) is 1. The van der Waals surface area contributed by atoms with Crippen molar-refractivity contribution in [2.45, 2.75) is 12.0 Å². The molecule has 0 bridgehead atoms. The number of pyridine rings is 1. The highest BCUT2D eigenvalue weighted by atomic mass is 19.3. The van der Waals surface area contributed by atoms with Gasteiger partial charge in [-0.25, -0.2) is 9.98 Å². The van der Waals surface area contributed by atoms with Crippen LogP contribution in [0.1, 0.15) is 33.9 Å². The minimum atomic E-state index is -3.10. The van der Waals surface area contributed by atoms with Crippen molar-refractivity contribution >= 4 is 11.5 Å². The first-order valence-electron chi connectivity index (χ1n) is 21.1. The summed E-state index contributed by atoms with van der Waals surface area (Å²) in [5.74, 6) is -2.30. The van der Waals surface area contributed by atoms with E-state index in [9.17, 15) is 0 Å². The van der Waals surface area contributed by atoms with Crippen LogP contribution in [0.4, 0.5) is 8.78 Å². The highest BCUT2D eigenvalue weighted by Gasteiger charge is 2.44. The fourth-order valence-corrected chi connectivity index (χ4v) is 8.77. The van der Waals surface area contributed by atoms with Gasteiger partial charge >= 0.3 is 0 Å². The van der Waals surface area contributed by atoms with Gasteiger partial charge in [0, 0.05) is 27.8 Å². The Balaban J connectivity index is 0.900. The Morgan fingerprint density at radius 2 is 0.794 bits per heavy atom. The zero-order chi connectivity index (χ0) is 42.3. The molecule has 63 heavy (non-hydrogen) atoms. The summed E-state index contributed by atoms with van der Waals surface area (Å²) in [5, 5.41) is 3.61. The van der Waals surface area contributed by atoms with Crippen LogP contribution in [0.25, 0.3) is 72.7 Å². The number of hydrogen-bond donors (Lipinski definition) is 1. The zero-order valence-electron chi connectivity index (χ0n) is 34.1. The molecule has 0 amide bonds. The third-order valence-electron chi connectivity index (χ3n) is 12.1. The van der Waals surface area contributed by atoms with E-state index in [1.165, 1.54) is 0 Å². The molecular formula is C58H39F2N3. The van der Waals surface area contributed by atoms with Gasteiger partial charge in [-0.1, -0.05) is 194 Å². The highest BCUT2D eigenvalue weighted by Crippen LogP contribution is 2.52. The van der Waals surface area contributed by atoms with Gasteiger partial charge in [0.25, 0.3) is 5.92 Å². The molecule has 2 heterocycles.